The van der Waals surface area contributed by atoms with Crippen molar-refractivity contribution < 1.29 is 4.39 Å². The summed E-state index contributed by atoms with van der Waals surface area (Å²) in [5.41, 5.74) is 5.68. The Morgan fingerprint density at radius 2 is 2.03 bits per heavy atom. The number of halogens is 2. The third-order valence-electron chi connectivity index (χ3n) is 5.75. The van der Waals surface area contributed by atoms with Gasteiger partial charge in [0.15, 0.2) is 5.82 Å². The lowest BCUT2D eigenvalue weighted by atomic mass is 9.93. The lowest BCUT2D eigenvalue weighted by Crippen LogP contribution is -2.32. The molecule has 5 rings (SSSR count). The van der Waals surface area contributed by atoms with Crippen molar-refractivity contribution >= 4 is 22.5 Å². The van der Waals surface area contributed by atoms with Crippen molar-refractivity contribution in [2.24, 2.45) is 7.05 Å². The van der Waals surface area contributed by atoms with E-state index in [1.807, 2.05) is 25.4 Å². The molecular weight excluding hydrogens is 387 g/mol. The Morgan fingerprint density at radius 1 is 1.24 bits per heavy atom. The first kappa shape index (κ1) is 18.4. The molecule has 0 radical (unpaired) electrons. The normalized spacial score (nSPS) is 17.0. The number of fused-ring (bicyclic) bond motifs is 3. The van der Waals surface area contributed by atoms with Crippen LogP contribution >= 0.6 is 11.6 Å². The van der Waals surface area contributed by atoms with E-state index in [1.165, 1.54) is 5.56 Å². The van der Waals surface area contributed by atoms with Gasteiger partial charge in [0.2, 0.25) is 0 Å². The number of benzene rings is 2. The third-order valence-corrected chi connectivity index (χ3v) is 6.03. The quantitative estimate of drug-likeness (QED) is 0.487. The van der Waals surface area contributed by atoms with E-state index in [0.717, 1.165) is 47.5 Å². The van der Waals surface area contributed by atoms with Crippen LogP contribution in [0.3, 0.4) is 0 Å². The summed E-state index contributed by atoms with van der Waals surface area (Å²) >= 11 is 6.25. The number of aromatic amines is 1. The second-order valence-corrected chi connectivity index (χ2v) is 8.33. The number of aromatic nitrogens is 3. The maximum atomic E-state index is 15.0. The molecule has 29 heavy (non-hydrogen) atoms. The molecular formula is C23H22ClFN4. The molecule has 1 atom stereocenters. The molecule has 3 heterocycles. The molecule has 1 unspecified atom stereocenters. The van der Waals surface area contributed by atoms with Crippen LogP contribution in [0.25, 0.3) is 22.2 Å². The Kier molecular flexibility index (Phi) is 4.45. The van der Waals surface area contributed by atoms with Gasteiger partial charge >= 0.3 is 0 Å². The summed E-state index contributed by atoms with van der Waals surface area (Å²) in [5, 5.41) is 5.55. The van der Waals surface area contributed by atoms with Crippen LogP contribution in [-0.4, -0.2) is 26.2 Å². The summed E-state index contributed by atoms with van der Waals surface area (Å²) in [6, 6.07) is 14.1. The molecule has 4 aromatic rings. The molecule has 0 fully saturated rings. The number of rotatable bonds is 3. The van der Waals surface area contributed by atoms with Gasteiger partial charge in [0.05, 0.1) is 16.2 Å². The fourth-order valence-electron chi connectivity index (χ4n) is 4.48. The van der Waals surface area contributed by atoms with E-state index in [1.54, 1.807) is 10.7 Å². The largest absolute Gasteiger partial charge is 0.355 e. The maximum Gasteiger partial charge on any atom is 0.165 e. The number of nitrogens with one attached hydrogen (secondary N) is 1. The molecule has 1 aliphatic heterocycles. The Bertz CT molecular complexity index is 1190. The van der Waals surface area contributed by atoms with E-state index in [-0.39, 0.29) is 10.9 Å². The van der Waals surface area contributed by atoms with Crippen molar-refractivity contribution in [3.63, 3.8) is 0 Å². The molecule has 148 valence electrons. The van der Waals surface area contributed by atoms with E-state index in [4.69, 9.17) is 11.6 Å². The van der Waals surface area contributed by atoms with Crippen molar-refractivity contribution in [2.45, 2.75) is 25.9 Å². The zero-order valence-electron chi connectivity index (χ0n) is 16.4. The van der Waals surface area contributed by atoms with Gasteiger partial charge in [0, 0.05) is 55.4 Å². The highest BCUT2D eigenvalue weighted by molar-refractivity contribution is 6.32. The van der Waals surface area contributed by atoms with Crippen molar-refractivity contribution in [1.29, 1.82) is 0 Å². The lowest BCUT2D eigenvalue weighted by molar-refractivity contribution is 0.226. The highest BCUT2D eigenvalue weighted by Gasteiger charge is 2.29. The number of hydrogen-bond acceptors (Lipinski definition) is 2. The van der Waals surface area contributed by atoms with Gasteiger partial charge in [0.1, 0.15) is 0 Å². The van der Waals surface area contributed by atoms with E-state index in [9.17, 15) is 4.39 Å². The van der Waals surface area contributed by atoms with Crippen LogP contribution in [0, 0.1) is 5.82 Å². The molecule has 2 aromatic carbocycles. The van der Waals surface area contributed by atoms with Gasteiger partial charge < -0.3 is 4.98 Å². The average Bonchev–Trinajstić information content (AvgIpc) is 3.30. The van der Waals surface area contributed by atoms with E-state index in [0.29, 0.717) is 5.52 Å². The first-order valence-electron chi connectivity index (χ1n) is 9.80. The van der Waals surface area contributed by atoms with Crippen molar-refractivity contribution in [3.05, 3.63) is 76.3 Å². The SMILES string of the molecule is CC1CN(Cc2ccccc2)Cc2c1[nH]c1c(F)c(Cl)cc(-c3ccn(C)n3)c21. The molecule has 0 saturated carbocycles. The van der Waals surface area contributed by atoms with Crippen LogP contribution in [0.4, 0.5) is 4.39 Å². The zero-order chi connectivity index (χ0) is 20.1. The zero-order valence-corrected chi connectivity index (χ0v) is 17.2. The van der Waals surface area contributed by atoms with Crippen LogP contribution in [0.1, 0.15) is 29.7 Å². The lowest BCUT2D eigenvalue weighted by Gasteiger charge is -2.31. The fourth-order valence-corrected chi connectivity index (χ4v) is 4.68. The Balaban J connectivity index is 1.65. The monoisotopic (exact) mass is 408 g/mol. The molecule has 1 N–H and O–H groups in total. The standard InChI is InChI=1S/C23H22ClFN4/c1-14-11-29(12-15-6-4-3-5-7-15)13-17-20-16(19-8-9-28(2)27-19)10-18(24)21(25)23(20)26-22(14)17/h3-10,14,26H,11-13H2,1-2H3. The summed E-state index contributed by atoms with van der Waals surface area (Å²) in [4.78, 5) is 5.78. The molecule has 0 saturated heterocycles. The number of H-pyrrole nitrogens is 1. The van der Waals surface area contributed by atoms with Crippen molar-refractivity contribution in [1.82, 2.24) is 19.7 Å². The summed E-state index contributed by atoms with van der Waals surface area (Å²) in [6.07, 6.45) is 1.89. The maximum absolute atomic E-state index is 15.0. The van der Waals surface area contributed by atoms with Crippen LogP contribution in [0.5, 0.6) is 0 Å². The van der Waals surface area contributed by atoms with Gasteiger partial charge in [-0.25, -0.2) is 4.39 Å². The van der Waals surface area contributed by atoms with Crippen LogP contribution in [-0.2, 0) is 20.1 Å². The summed E-state index contributed by atoms with van der Waals surface area (Å²) in [5.74, 6) is -0.123. The molecule has 6 heteroatoms. The smallest absolute Gasteiger partial charge is 0.165 e. The number of aryl methyl sites for hydroxylation is 1. The second-order valence-electron chi connectivity index (χ2n) is 7.92. The van der Waals surface area contributed by atoms with Crippen LogP contribution in [0.15, 0.2) is 48.7 Å². The van der Waals surface area contributed by atoms with Gasteiger partial charge in [-0.3, -0.25) is 9.58 Å². The van der Waals surface area contributed by atoms with Crippen molar-refractivity contribution in [3.8, 4) is 11.3 Å². The Hall–Kier alpha value is -2.63. The van der Waals surface area contributed by atoms with E-state index in [2.05, 4.69) is 46.2 Å². The molecule has 0 aliphatic carbocycles. The molecule has 2 aromatic heterocycles. The van der Waals surface area contributed by atoms with E-state index >= 15 is 0 Å². The van der Waals surface area contributed by atoms with Crippen LogP contribution in [0.2, 0.25) is 5.02 Å². The predicted octanol–water partition coefficient (Wildman–Crippen LogP) is 5.48. The summed E-state index contributed by atoms with van der Waals surface area (Å²) in [6.45, 7) is 4.73. The highest BCUT2D eigenvalue weighted by atomic mass is 35.5. The average molecular weight is 409 g/mol. The minimum Gasteiger partial charge on any atom is -0.355 e. The predicted molar refractivity (Wildman–Crippen MR) is 114 cm³/mol. The highest BCUT2D eigenvalue weighted by Crippen LogP contribution is 2.41. The van der Waals surface area contributed by atoms with E-state index < -0.39 is 5.82 Å². The van der Waals surface area contributed by atoms with Gasteiger partial charge in [0.25, 0.3) is 0 Å². The minimum atomic E-state index is -0.391. The molecule has 0 amide bonds. The summed E-state index contributed by atoms with van der Waals surface area (Å²) < 4.78 is 16.7. The molecule has 1 aliphatic rings. The first-order valence-corrected chi connectivity index (χ1v) is 10.2. The van der Waals surface area contributed by atoms with Crippen LogP contribution < -0.4 is 0 Å². The van der Waals surface area contributed by atoms with Gasteiger partial charge in [-0.05, 0) is 23.3 Å². The second kappa shape index (κ2) is 7.01. The molecule has 4 nitrogen and oxygen atoms in total. The molecule has 0 spiro atoms. The topological polar surface area (TPSA) is 36.9 Å². The Labute approximate surface area is 173 Å². The third kappa shape index (κ3) is 3.15. The summed E-state index contributed by atoms with van der Waals surface area (Å²) in [7, 11) is 1.88. The number of nitrogens with zero attached hydrogens (tertiary/aromatic N) is 3. The van der Waals surface area contributed by atoms with Crippen molar-refractivity contribution in [2.75, 3.05) is 6.54 Å². The fraction of sp³-hybridized carbons (Fsp3) is 0.261. The minimum absolute atomic E-state index is 0.116. The first-order chi connectivity index (χ1) is 14.0. The molecule has 0 bridgehead atoms. The number of hydrogen-bond donors (Lipinski definition) is 1. The Morgan fingerprint density at radius 3 is 2.76 bits per heavy atom. The van der Waals surface area contributed by atoms with Gasteiger partial charge in [-0.2, -0.15) is 5.10 Å². The van der Waals surface area contributed by atoms with Gasteiger partial charge in [-0.15, -0.1) is 0 Å². The van der Waals surface area contributed by atoms with Gasteiger partial charge in [-0.1, -0.05) is 48.9 Å².